The van der Waals surface area contributed by atoms with Gasteiger partial charge in [-0.25, -0.2) is 0 Å². The molecule has 1 N–H and O–H groups in total. The van der Waals surface area contributed by atoms with Gasteiger partial charge in [-0.15, -0.1) is 0 Å². The first-order chi connectivity index (χ1) is 3.06. The van der Waals surface area contributed by atoms with Crippen molar-refractivity contribution in [3.8, 4) is 0 Å². The lowest BCUT2D eigenvalue weighted by atomic mass is 10.2. The van der Waals surface area contributed by atoms with Crippen LogP contribution in [0.15, 0.2) is 0 Å². The molecule has 0 aliphatic carbocycles. The second kappa shape index (κ2) is 2.61. The van der Waals surface area contributed by atoms with Crippen molar-refractivity contribution in [2.45, 2.75) is 26.4 Å². The molecular weight excluding hydrogens is 109 g/mol. The van der Waals surface area contributed by atoms with Crippen molar-refractivity contribution in [3.05, 3.63) is 0 Å². The number of rotatable bonds is 1. The Hall–Kier alpha value is 0.350. The molecular formula is C4H12NOP. The largest absolute Gasteiger partial charge is 0.293 e. The average Bonchev–Trinajstić information content (AvgIpc) is 1.30. The van der Waals surface area contributed by atoms with E-state index in [0.717, 1.165) is 0 Å². The molecule has 0 heterocycles. The number of hydrogen-bond acceptors (Lipinski definition) is 2. The molecule has 2 nitrogen and oxygen atoms in total. The summed E-state index contributed by atoms with van der Waals surface area (Å²) < 4.78 is 0. The van der Waals surface area contributed by atoms with Gasteiger partial charge in [-0.2, -0.15) is 5.25 Å². The number of hydrogen-bond donors (Lipinski definition) is 1. The van der Waals surface area contributed by atoms with E-state index in [1.165, 1.54) is 0 Å². The van der Waals surface area contributed by atoms with Crippen molar-refractivity contribution in [2.24, 2.45) is 0 Å². The van der Waals surface area contributed by atoms with Crippen LogP contribution in [-0.2, 0) is 4.84 Å². The highest BCUT2D eigenvalue weighted by Gasteiger charge is 2.07. The number of nitrogens with one attached hydrogen (secondary N) is 1. The molecule has 0 spiro atoms. The summed E-state index contributed by atoms with van der Waals surface area (Å²) in [4.78, 5) is 4.94. The topological polar surface area (TPSA) is 21.3 Å². The molecule has 0 saturated carbocycles. The monoisotopic (exact) mass is 121 g/mol. The van der Waals surface area contributed by atoms with E-state index in [1.54, 1.807) is 0 Å². The molecule has 0 bridgehead atoms. The molecule has 0 amide bonds. The summed E-state index contributed by atoms with van der Waals surface area (Å²) in [5, 5.41) is 2.52. The minimum Gasteiger partial charge on any atom is -0.293 e. The highest BCUT2D eigenvalue weighted by molar-refractivity contribution is 7.13. The van der Waals surface area contributed by atoms with Crippen LogP contribution in [0.2, 0.25) is 0 Å². The summed E-state index contributed by atoms with van der Waals surface area (Å²) in [6.45, 7) is 5.93. The Bertz CT molecular complexity index is 50.1. The standard InChI is InChI=1S/C4H12NOP/c1-4(2,3)6-5-7/h5H,7H2,1-3H3. The summed E-state index contributed by atoms with van der Waals surface area (Å²) in [6.07, 6.45) is 0. The first kappa shape index (κ1) is 7.35. The minimum absolute atomic E-state index is 0.0816. The first-order valence-corrected chi connectivity index (χ1v) is 2.77. The van der Waals surface area contributed by atoms with Gasteiger partial charge >= 0.3 is 0 Å². The highest BCUT2D eigenvalue weighted by Crippen LogP contribution is 2.03. The second-order valence-electron chi connectivity index (χ2n) is 2.33. The average molecular weight is 121 g/mol. The Morgan fingerprint density at radius 3 is 1.86 bits per heavy atom. The molecule has 3 heteroatoms. The van der Waals surface area contributed by atoms with E-state index >= 15 is 0 Å². The maximum atomic E-state index is 4.94. The normalized spacial score (nSPS) is 12.0. The predicted octanol–water partition coefficient (Wildman–Crippen LogP) is 1.10. The Kier molecular flexibility index (Phi) is 2.74. The molecule has 0 aromatic rings. The molecule has 0 fully saturated rings. The van der Waals surface area contributed by atoms with Gasteiger partial charge in [0.25, 0.3) is 0 Å². The molecule has 0 aliphatic rings. The maximum absolute atomic E-state index is 4.94. The van der Waals surface area contributed by atoms with Gasteiger partial charge in [0.1, 0.15) is 0 Å². The zero-order chi connectivity index (χ0) is 5.91. The van der Waals surface area contributed by atoms with Gasteiger partial charge in [-0.05, 0) is 30.2 Å². The fourth-order valence-electron chi connectivity index (χ4n) is 0.177. The van der Waals surface area contributed by atoms with Crippen LogP contribution in [0.1, 0.15) is 20.8 Å². The van der Waals surface area contributed by atoms with Crippen LogP contribution in [0.25, 0.3) is 0 Å². The quantitative estimate of drug-likeness (QED) is 0.414. The van der Waals surface area contributed by atoms with Crippen LogP contribution in [0.4, 0.5) is 0 Å². The van der Waals surface area contributed by atoms with Crippen LogP contribution in [-0.4, -0.2) is 5.60 Å². The Morgan fingerprint density at radius 2 is 1.86 bits per heavy atom. The molecule has 7 heavy (non-hydrogen) atoms. The molecule has 0 aliphatic heterocycles. The van der Waals surface area contributed by atoms with Gasteiger partial charge in [0.2, 0.25) is 0 Å². The fraction of sp³-hybridized carbons (Fsp3) is 1.00. The first-order valence-electron chi connectivity index (χ1n) is 2.20. The SMILES string of the molecule is CC(C)(C)ONP. The van der Waals surface area contributed by atoms with Crippen LogP contribution < -0.4 is 5.25 Å². The van der Waals surface area contributed by atoms with Crippen molar-refractivity contribution in [1.82, 2.24) is 5.25 Å². The molecule has 0 aromatic heterocycles. The maximum Gasteiger partial charge on any atom is 0.0816 e. The Labute approximate surface area is 46.8 Å². The molecule has 0 aromatic carbocycles. The van der Waals surface area contributed by atoms with Crippen molar-refractivity contribution in [2.75, 3.05) is 0 Å². The lowest BCUT2D eigenvalue weighted by Crippen LogP contribution is -2.23. The van der Waals surface area contributed by atoms with E-state index in [0.29, 0.717) is 0 Å². The molecule has 44 valence electrons. The van der Waals surface area contributed by atoms with Crippen LogP contribution in [0, 0.1) is 0 Å². The smallest absolute Gasteiger partial charge is 0.0816 e. The lowest BCUT2D eigenvalue weighted by molar-refractivity contribution is -0.0316. The van der Waals surface area contributed by atoms with Gasteiger partial charge in [0.05, 0.1) is 5.60 Å². The van der Waals surface area contributed by atoms with Crippen molar-refractivity contribution >= 4 is 9.39 Å². The summed E-state index contributed by atoms with van der Waals surface area (Å²) in [7, 11) is 2.27. The Morgan fingerprint density at radius 1 is 1.43 bits per heavy atom. The third-order valence-electron chi connectivity index (χ3n) is 0.365. The molecule has 0 saturated heterocycles. The molecule has 0 rings (SSSR count). The van der Waals surface area contributed by atoms with E-state index in [9.17, 15) is 0 Å². The van der Waals surface area contributed by atoms with E-state index < -0.39 is 0 Å². The van der Waals surface area contributed by atoms with E-state index in [2.05, 4.69) is 14.6 Å². The van der Waals surface area contributed by atoms with E-state index in [4.69, 9.17) is 4.84 Å². The second-order valence-corrected chi connectivity index (χ2v) is 2.57. The summed E-state index contributed by atoms with van der Waals surface area (Å²) in [5.41, 5.74) is -0.0816. The highest BCUT2D eigenvalue weighted by atomic mass is 31.0. The van der Waals surface area contributed by atoms with E-state index in [-0.39, 0.29) is 5.60 Å². The fourth-order valence-corrected chi connectivity index (χ4v) is 0.530. The molecule has 1 atom stereocenters. The van der Waals surface area contributed by atoms with Crippen molar-refractivity contribution < 1.29 is 4.84 Å². The Balaban J connectivity index is 3.15. The van der Waals surface area contributed by atoms with Crippen LogP contribution >= 0.6 is 9.39 Å². The zero-order valence-electron chi connectivity index (χ0n) is 4.99. The molecule has 0 radical (unpaired) electrons. The zero-order valence-corrected chi connectivity index (χ0v) is 6.14. The van der Waals surface area contributed by atoms with Crippen molar-refractivity contribution in [3.63, 3.8) is 0 Å². The van der Waals surface area contributed by atoms with Gasteiger partial charge < -0.3 is 0 Å². The third kappa shape index (κ3) is 6.35. The van der Waals surface area contributed by atoms with Gasteiger partial charge in [-0.3, -0.25) is 4.84 Å². The van der Waals surface area contributed by atoms with Gasteiger partial charge in [0.15, 0.2) is 0 Å². The predicted molar refractivity (Wildman–Crippen MR) is 33.7 cm³/mol. The lowest BCUT2D eigenvalue weighted by Gasteiger charge is -2.16. The summed E-state index contributed by atoms with van der Waals surface area (Å²) in [5.74, 6) is 0. The third-order valence-corrected chi connectivity index (χ3v) is 0.483. The van der Waals surface area contributed by atoms with Crippen LogP contribution in [0.3, 0.4) is 0 Å². The summed E-state index contributed by atoms with van der Waals surface area (Å²) in [6, 6.07) is 0. The minimum atomic E-state index is -0.0816. The van der Waals surface area contributed by atoms with Gasteiger partial charge in [0, 0.05) is 0 Å². The molecule has 1 unspecified atom stereocenters. The summed E-state index contributed by atoms with van der Waals surface area (Å²) >= 11 is 0. The van der Waals surface area contributed by atoms with Gasteiger partial charge in [-0.1, -0.05) is 0 Å². The van der Waals surface area contributed by atoms with Crippen LogP contribution in [0.5, 0.6) is 0 Å². The van der Waals surface area contributed by atoms with E-state index in [1.807, 2.05) is 20.8 Å². The van der Waals surface area contributed by atoms with Crippen molar-refractivity contribution in [1.29, 1.82) is 0 Å².